The molecular weight excluding hydrogens is 424 g/mol. The monoisotopic (exact) mass is 452 g/mol. The number of nitrogens with one attached hydrogen (secondary N) is 3. The average molecular weight is 453 g/mol. The van der Waals surface area contributed by atoms with Crippen molar-refractivity contribution < 1.29 is 9.59 Å². The van der Waals surface area contributed by atoms with Gasteiger partial charge < -0.3 is 15.6 Å². The van der Waals surface area contributed by atoms with Crippen molar-refractivity contribution in [2.45, 2.75) is 38.5 Å². The van der Waals surface area contributed by atoms with Crippen LogP contribution < -0.4 is 10.6 Å². The first-order valence-electron chi connectivity index (χ1n) is 11.9. The molecule has 0 saturated heterocycles. The summed E-state index contributed by atoms with van der Waals surface area (Å²) in [7, 11) is 0. The summed E-state index contributed by atoms with van der Waals surface area (Å²) in [5.74, 6) is 0.823. The SMILES string of the molecule is O=C(Nc1ccc(-c2nc3ccc(NC(=O)C4CCCCCC4)cc3[nH]2)cc1)c1ccccc1. The van der Waals surface area contributed by atoms with Crippen LogP contribution in [0.15, 0.2) is 72.8 Å². The predicted molar refractivity (Wildman–Crippen MR) is 136 cm³/mol. The molecular formula is C28H28N4O2. The molecule has 0 unspecified atom stereocenters. The van der Waals surface area contributed by atoms with Gasteiger partial charge in [0.1, 0.15) is 5.82 Å². The van der Waals surface area contributed by atoms with E-state index in [-0.39, 0.29) is 17.7 Å². The van der Waals surface area contributed by atoms with Crippen LogP contribution in [0.3, 0.4) is 0 Å². The summed E-state index contributed by atoms with van der Waals surface area (Å²) in [6, 6.07) is 22.5. The molecule has 34 heavy (non-hydrogen) atoms. The molecule has 0 radical (unpaired) electrons. The van der Waals surface area contributed by atoms with Crippen molar-refractivity contribution in [3.05, 3.63) is 78.4 Å². The number of carbonyl (C=O) groups is 2. The number of aromatic nitrogens is 2. The van der Waals surface area contributed by atoms with Gasteiger partial charge >= 0.3 is 0 Å². The Morgan fingerprint density at radius 3 is 2.24 bits per heavy atom. The van der Waals surface area contributed by atoms with Crippen molar-refractivity contribution in [3.63, 3.8) is 0 Å². The lowest BCUT2D eigenvalue weighted by atomic mass is 9.99. The second-order valence-corrected chi connectivity index (χ2v) is 8.89. The molecule has 3 N–H and O–H groups in total. The molecule has 0 aliphatic heterocycles. The fourth-order valence-corrected chi connectivity index (χ4v) is 4.51. The molecule has 1 aliphatic carbocycles. The number of hydrogen-bond acceptors (Lipinski definition) is 3. The van der Waals surface area contributed by atoms with Crippen molar-refractivity contribution in [1.82, 2.24) is 9.97 Å². The molecule has 1 heterocycles. The minimum absolute atomic E-state index is 0.108. The van der Waals surface area contributed by atoms with E-state index in [1.807, 2.05) is 60.7 Å². The molecule has 5 rings (SSSR count). The zero-order chi connectivity index (χ0) is 23.3. The predicted octanol–water partition coefficient (Wildman–Crippen LogP) is 6.39. The van der Waals surface area contributed by atoms with Crippen LogP contribution in [-0.4, -0.2) is 21.8 Å². The molecule has 1 fully saturated rings. The molecule has 2 amide bonds. The van der Waals surface area contributed by atoms with Crippen LogP contribution in [0, 0.1) is 5.92 Å². The van der Waals surface area contributed by atoms with E-state index in [0.29, 0.717) is 5.56 Å². The molecule has 6 heteroatoms. The number of imidazole rings is 1. The summed E-state index contributed by atoms with van der Waals surface area (Å²) >= 11 is 0. The van der Waals surface area contributed by atoms with E-state index in [2.05, 4.69) is 20.6 Å². The highest BCUT2D eigenvalue weighted by molar-refractivity contribution is 6.04. The molecule has 4 aromatic rings. The number of carbonyl (C=O) groups excluding carboxylic acids is 2. The van der Waals surface area contributed by atoms with Gasteiger partial charge in [-0.25, -0.2) is 4.98 Å². The smallest absolute Gasteiger partial charge is 0.255 e. The zero-order valence-corrected chi connectivity index (χ0v) is 19.0. The van der Waals surface area contributed by atoms with Crippen LogP contribution in [0.2, 0.25) is 0 Å². The first-order chi connectivity index (χ1) is 16.7. The third kappa shape index (κ3) is 5.01. The Labute approximate surface area is 198 Å². The molecule has 1 aliphatic rings. The van der Waals surface area contributed by atoms with Gasteiger partial charge in [0.25, 0.3) is 5.91 Å². The van der Waals surface area contributed by atoms with Gasteiger partial charge in [0.15, 0.2) is 0 Å². The standard InChI is InChI=1S/C28H28N4O2/c33-27(20-10-6-3-7-11-20)29-22-14-12-19(13-15-22)26-31-24-17-16-23(18-25(24)32-26)30-28(34)21-8-4-1-2-5-9-21/h3,6-7,10-18,21H,1-2,4-5,8-9H2,(H,29,33)(H,30,34)(H,31,32). The van der Waals surface area contributed by atoms with Crippen LogP contribution >= 0.6 is 0 Å². The topological polar surface area (TPSA) is 86.9 Å². The number of aromatic amines is 1. The number of hydrogen-bond donors (Lipinski definition) is 3. The first kappa shape index (κ1) is 21.9. The Morgan fingerprint density at radius 2 is 1.50 bits per heavy atom. The van der Waals surface area contributed by atoms with Crippen LogP contribution in [0.4, 0.5) is 11.4 Å². The lowest BCUT2D eigenvalue weighted by Crippen LogP contribution is -2.22. The van der Waals surface area contributed by atoms with Gasteiger partial charge in [0.2, 0.25) is 5.91 Å². The minimum Gasteiger partial charge on any atom is -0.338 e. The van der Waals surface area contributed by atoms with E-state index in [9.17, 15) is 9.59 Å². The summed E-state index contributed by atoms with van der Waals surface area (Å²) in [6.45, 7) is 0. The Kier molecular flexibility index (Phi) is 6.38. The van der Waals surface area contributed by atoms with Crippen LogP contribution in [0.1, 0.15) is 48.9 Å². The van der Waals surface area contributed by atoms with Gasteiger partial charge in [0, 0.05) is 28.4 Å². The lowest BCUT2D eigenvalue weighted by Gasteiger charge is -2.14. The zero-order valence-electron chi connectivity index (χ0n) is 19.0. The second-order valence-electron chi connectivity index (χ2n) is 8.89. The average Bonchev–Trinajstić information content (AvgIpc) is 3.09. The van der Waals surface area contributed by atoms with Gasteiger partial charge in [-0.1, -0.05) is 43.9 Å². The maximum absolute atomic E-state index is 12.7. The summed E-state index contributed by atoms with van der Waals surface area (Å²) in [6.07, 6.45) is 6.68. The maximum Gasteiger partial charge on any atom is 0.255 e. The van der Waals surface area contributed by atoms with Crippen LogP contribution in [-0.2, 0) is 4.79 Å². The molecule has 0 spiro atoms. The lowest BCUT2D eigenvalue weighted by molar-refractivity contribution is -0.120. The van der Waals surface area contributed by atoms with Gasteiger partial charge in [-0.2, -0.15) is 0 Å². The maximum atomic E-state index is 12.7. The number of nitrogens with zero attached hydrogens (tertiary/aromatic N) is 1. The van der Waals surface area contributed by atoms with Crippen molar-refractivity contribution in [1.29, 1.82) is 0 Å². The number of rotatable bonds is 5. The van der Waals surface area contributed by atoms with E-state index in [1.54, 1.807) is 12.1 Å². The molecule has 3 aromatic carbocycles. The van der Waals surface area contributed by atoms with E-state index in [0.717, 1.165) is 59.5 Å². The van der Waals surface area contributed by atoms with E-state index >= 15 is 0 Å². The number of benzene rings is 3. The number of anilines is 2. The molecule has 6 nitrogen and oxygen atoms in total. The summed E-state index contributed by atoms with van der Waals surface area (Å²) in [4.78, 5) is 33.1. The quantitative estimate of drug-likeness (QED) is 0.307. The Balaban J connectivity index is 1.27. The summed E-state index contributed by atoms with van der Waals surface area (Å²) in [5.41, 5.74) is 4.75. The van der Waals surface area contributed by atoms with Crippen molar-refractivity contribution in [2.75, 3.05) is 10.6 Å². The number of amides is 2. The fourth-order valence-electron chi connectivity index (χ4n) is 4.51. The van der Waals surface area contributed by atoms with Gasteiger partial charge in [0.05, 0.1) is 11.0 Å². The van der Waals surface area contributed by atoms with Crippen LogP contribution in [0.5, 0.6) is 0 Å². The second kappa shape index (κ2) is 9.91. The molecule has 172 valence electrons. The Morgan fingerprint density at radius 1 is 0.794 bits per heavy atom. The third-order valence-corrected chi connectivity index (χ3v) is 6.43. The molecule has 0 atom stereocenters. The number of H-pyrrole nitrogens is 1. The van der Waals surface area contributed by atoms with Gasteiger partial charge in [-0.3, -0.25) is 9.59 Å². The van der Waals surface area contributed by atoms with E-state index in [1.165, 1.54) is 12.8 Å². The summed E-state index contributed by atoms with van der Waals surface area (Å²) in [5, 5.41) is 6.00. The largest absolute Gasteiger partial charge is 0.338 e. The highest BCUT2D eigenvalue weighted by Gasteiger charge is 2.20. The van der Waals surface area contributed by atoms with Gasteiger partial charge in [-0.05, 0) is 67.4 Å². The van der Waals surface area contributed by atoms with Crippen molar-refractivity contribution >= 4 is 34.2 Å². The van der Waals surface area contributed by atoms with Crippen molar-refractivity contribution in [2.24, 2.45) is 5.92 Å². The minimum atomic E-state index is -0.143. The molecule has 1 saturated carbocycles. The van der Waals surface area contributed by atoms with E-state index < -0.39 is 0 Å². The third-order valence-electron chi connectivity index (χ3n) is 6.43. The van der Waals surface area contributed by atoms with Crippen molar-refractivity contribution in [3.8, 4) is 11.4 Å². The highest BCUT2D eigenvalue weighted by Crippen LogP contribution is 2.27. The molecule has 1 aromatic heterocycles. The molecule has 0 bridgehead atoms. The van der Waals surface area contributed by atoms with Gasteiger partial charge in [-0.15, -0.1) is 0 Å². The Bertz CT molecular complexity index is 1290. The fraction of sp³-hybridized carbons (Fsp3) is 0.250. The van der Waals surface area contributed by atoms with E-state index in [4.69, 9.17) is 0 Å². The highest BCUT2D eigenvalue weighted by atomic mass is 16.2. The Hall–Kier alpha value is -3.93. The normalized spacial score (nSPS) is 14.5. The summed E-state index contributed by atoms with van der Waals surface area (Å²) < 4.78 is 0. The first-order valence-corrected chi connectivity index (χ1v) is 11.9. The van der Waals surface area contributed by atoms with Crippen LogP contribution in [0.25, 0.3) is 22.4 Å². The number of fused-ring (bicyclic) bond motifs is 1.